The van der Waals surface area contributed by atoms with Crippen LogP contribution in [0.2, 0.25) is 0 Å². The molecule has 5 rings (SSSR count). The number of carbonyl (C=O) groups excluding carboxylic acids is 1. The van der Waals surface area contributed by atoms with Crippen LogP contribution in [0.25, 0.3) is 15.3 Å². The molecule has 1 aliphatic rings. The maximum Gasteiger partial charge on any atom is 0.226 e. The smallest absolute Gasteiger partial charge is 0.226 e. The van der Waals surface area contributed by atoms with Crippen molar-refractivity contribution in [2.75, 3.05) is 19.0 Å². The van der Waals surface area contributed by atoms with Crippen molar-refractivity contribution in [3.63, 3.8) is 0 Å². The lowest BCUT2D eigenvalue weighted by molar-refractivity contribution is -0.116. The van der Waals surface area contributed by atoms with Crippen molar-refractivity contribution in [3.8, 4) is 16.6 Å². The SMILES string of the molecule is CCCCOc1ccc([C@H]2CC(=O)Nc3c2c(C)nn3-c2nc3ccc(C)cc3s2)cc1OC. The fourth-order valence-corrected chi connectivity index (χ4v) is 5.45. The Labute approximate surface area is 202 Å². The minimum Gasteiger partial charge on any atom is -0.493 e. The molecule has 0 fully saturated rings. The average Bonchev–Trinajstić information content (AvgIpc) is 3.39. The first kappa shape index (κ1) is 22.4. The first-order valence-corrected chi connectivity index (χ1v) is 12.4. The minimum absolute atomic E-state index is 0.0437. The summed E-state index contributed by atoms with van der Waals surface area (Å²) in [6.07, 6.45) is 2.40. The summed E-state index contributed by atoms with van der Waals surface area (Å²) < 4.78 is 14.4. The fraction of sp³-hybridized carbons (Fsp3) is 0.346. The van der Waals surface area contributed by atoms with Gasteiger partial charge in [-0.1, -0.05) is 36.8 Å². The monoisotopic (exact) mass is 476 g/mol. The minimum atomic E-state index is -0.132. The third kappa shape index (κ3) is 4.03. The van der Waals surface area contributed by atoms with Gasteiger partial charge in [0.15, 0.2) is 11.5 Å². The van der Waals surface area contributed by atoms with Gasteiger partial charge in [0.05, 0.1) is 29.6 Å². The van der Waals surface area contributed by atoms with E-state index in [1.807, 2.05) is 31.2 Å². The van der Waals surface area contributed by atoms with E-state index in [2.05, 4.69) is 31.3 Å². The van der Waals surface area contributed by atoms with E-state index >= 15 is 0 Å². The number of amides is 1. The number of thiazole rings is 1. The van der Waals surface area contributed by atoms with Gasteiger partial charge in [-0.3, -0.25) is 4.79 Å². The van der Waals surface area contributed by atoms with E-state index in [-0.39, 0.29) is 11.8 Å². The lowest BCUT2D eigenvalue weighted by Crippen LogP contribution is -2.25. The van der Waals surface area contributed by atoms with Crippen molar-refractivity contribution in [2.45, 2.75) is 46.0 Å². The van der Waals surface area contributed by atoms with Crippen molar-refractivity contribution in [3.05, 3.63) is 58.8 Å². The first-order valence-electron chi connectivity index (χ1n) is 11.6. The number of fused-ring (bicyclic) bond motifs is 2. The van der Waals surface area contributed by atoms with Crippen molar-refractivity contribution in [2.24, 2.45) is 0 Å². The normalized spacial score (nSPS) is 15.3. The molecular weight excluding hydrogens is 448 g/mol. The Morgan fingerprint density at radius 1 is 1.18 bits per heavy atom. The van der Waals surface area contributed by atoms with Gasteiger partial charge < -0.3 is 14.8 Å². The molecule has 176 valence electrons. The second-order valence-electron chi connectivity index (χ2n) is 8.64. The topological polar surface area (TPSA) is 78.3 Å². The Hall–Kier alpha value is -3.39. The Kier molecular flexibility index (Phi) is 6.00. The summed E-state index contributed by atoms with van der Waals surface area (Å²) in [6.45, 7) is 6.83. The lowest BCUT2D eigenvalue weighted by atomic mass is 9.85. The Morgan fingerprint density at radius 3 is 2.82 bits per heavy atom. The highest BCUT2D eigenvalue weighted by molar-refractivity contribution is 7.20. The molecule has 2 aromatic heterocycles. The van der Waals surface area contributed by atoms with Gasteiger partial charge in [0, 0.05) is 17.9 Å². The molecule has 1 N–H and O–H groups in total. The van der Waals surface area contributed by atoms with Crippen LogP contribution in [0.1, 0.15) is 54.5 Å². The molecule has 34 heavy (non-hydrogen) atoms. The number of anilines is 1. The zero-order valence-corrected chi connectivity index (χ0v) is 20.7. The molecule has 0 spiro atoms. The molecule has 0 radical (unpaired) electrons. The van der Waals surface area contributed by atoms with Crippen LogP contribution in [0.4, 0.5) is 5.82 Å². The summed E-state index contributed by atoms with van der Waals surface area (Å²) in [5.41, 5.74) is 4.99. The Bertz CT molecular complexity index is 1370. The van der Waals surface area contributed by atoms with Gasteiger partial charge in [-0.25, -0.2) is 4.98 Å². The van der Waals surface area contributed by atoms with Crippen LogP contribution < -0.4 is 14.8 Å². The molecule has 4 aromatic rings. The van der Waals surface area contributed by atoms with Crippen LogP contribution in [0.5, 0.6) is 11.5 Å². The quantitative estimate of drug-likeness (QED) is 0.343. The summed E-state index contributed by atoms with van der Waals surface area (Å²) in [6, 6.07) is 12.1. The molecule has 1 aliphatic heterocycles. The van der Waals surface area contributed by atoms with E-state index in [1.54, 1.807) is 23.1 Å². The number of aromatic nitrogens is 3. The van der Waals surface area contributed by atoms with Gasteiger partial charge in [-0.05, 0) is 55.7 Å². The van der Waals surface area contributed by atoms with Gasteiger partial charge in [0.2, 0.25) is 11.0 Å². The van der Waals surface area contributed by atoms with Crippen LogP contribution in [0.3, 0.4) is 0 Å². The number of nitrogens with one attached hydrogen (secondary N) is 1. The molecule has 0 saturated carbocycles. The van der Waals surface area contributed by atoms with Crippen molar-refractivity contribution in [1.29, 1.82) is 0 Å². The molecule has 1 amide bonds. The largest absolute Gasteiger partial charge is 0.493 e. The molecule has 2 aromatic carbocycles. The van der Waals surface area contributed by atoms with Gasteiger partial charge in [0.25, 0.3) is 0 Å². The molecule has 0 unspecified atom stereocenters. The van der Waals surface area contributed by atoms with Crippen molar-refractivity contribution < 1.29 is 14.3 Å². The number of hydrogen-bond donors (Lipinski definition) is 1. The number of benzene rings is 2. The predicted molar refractivity (Wildman–Crippen MR) is 135 cm³/mol. The predicted octanol–water partition coefficient (Wildman–Crippen LogP) is 5.76. The van der Waals surface area contributed by atoms with Crippen LogP contribution in [-0.4, -0.2) is 34.4 Å². The highest BCUT2D eigenvalue weighted by Gasteiger charge is 2.33. The van der Waals surface area contributed by atoms with E-state index in [1.165, 1.54) is 5.56 Å². The fourth-order valence-electron chi connectivity index (χ4n) is 4.43. The number of rotatable bonds is 7. The number of hydrogen-bond acceptors (Lipinski definition) is 6. The zero-order valence-electron chi connectivity index (χ0n) is 19.8. The highest BCUT2D eigenvalue weighted by atomic mass is 32.1. The third-order valence-electron chi connectivity index (χ3n) is 6.16. The molecule has 1 atom stereocenters. The summed E-state index contributed by atoms with van der Waals surface area (Å²) in [5.74, 6) is 1.91. The Morgan fingerprint density at radius 2 is 2.03 bits per heavy atom. The molecule has 8 heteroatoms. The Balaban J connectivity index is 1.55. The van der Waals surface area contributed by atoms with Crippen LogP contribution in [0.15, 0.2) is 36.4 Å². The number of unbranched alkanes of at least 4 members (excludes halogenated alkanes) is 1. The molecule has 0 saturated heterocycles. The first-order chi connectivity index (χ1) is 16.5. The maximum atomic E-state index is 12.8. The third-order valence-corrected chi connectivity index (χ3v) is 7.16. The molecule has 0 aliphatic carbocycles. The van der Waals surface area contributed by atoms with E-state index in [4.69, 9.17) is 19.6 Å². The molecule has 7 nitrogen and oxygen atoms in total. The van der Waals surface area contributed by atoms with Gasteiger partial charge in [-0.15, -0.1) is 0 Å². The number of ether oxygens (including phenoxy) is 2. The van der Waals surface area contributed by atoms with Crippen molar-refractivity contribution >= 4 is 33.3 Å². The number of methoxy groups -OCH3 is 1. The van der Waals surface area contributed by atoms with Crippen LogP contribution in [0, 0.1) is 13.8 Å². The highest BCUT2D eigenvalue weighted by Crippen LogP contribution is 2.43. The summed E-state index contributed by atoms with van der Waals surface area (Å²) in [4.78, 5) is 17.6. The molecule has 0 bridgehead atoms. The van der Waals surface area contributed by atoms with Crippen LogP contribution in [-0.2, 0) is 4.79 Å². The van der Waals surface area contributed by atoms with Gasteiger partial charge in [0.1, 0.15) is 5.82 Å². The lowest BCUT2D eigenvalue weighted by Gasteiger charge is -2.25. The summed E-state index contributed by atoms with van der Waals surface area (Å²) in [5, 5.41) is 8.58. The zero-order chi connectivity index (χ0) is 23.8. The second-order valence-corrected chi connectivity index (χ2v) is 9.65. The molecule has 3 heterocycles. The number of carbonyl (C=O) groups is 1. The van der Waals surface area contributed by atoms with Gasteiger partial charge in [-0.2, -0.15) is 9.78 Å². The van der Waals surface area contributed by atoms with E-state index in [0.29, 0.717) is 24.6 Å². The summed E-state index contributed by atoms with van der Waals surface area (Å²) >= 11 is 1.57. The van der Waals surface area contributed by atoms with E-state index < -0.39 is 0 Å². The standard InChI is InChI=1S/C26H28N4O3S/c1-5-6-11-33-20-10-8-17(13-21(20)32-4)18-14-23(31)28-25-24(18)16(3)29-30(25)26-27-19-9-7-15(2)12-22(19)34-26/h7-10,12-13,18H,5-6,11,14H2,1-4H3,(H,28,31)/t18-/m1/s1. The summed E-state index contributed by atoms with van der Waals surface area (Å²) in [7, 11) is 1.64. The van der Waals surface area contributed by atoms with Crippen molar-refractivity contribution in [1.82, 2.24) is 14.8 Å². The number of aryl methyl sites for hydroxylation is 2. The van der Waals surface area contributed by atoms with Crippen LogP contribution >= 0.6 is 11.3 Å². The second kappa shape index (κ2) is 9.10. The van der Waals surface area contributed by atoms with E-state index in [9.17, 15) is 4.79 Å². The molecular formula is C26H28N4O3S. The average molecular weight is 477 g/mol. The van der Waals surface area contributed by atoms with Gasteiger partial charge >= 0.3 is 0 Å². The van der Waals surface area contributed by atoms with E-state index in [0.717, 1.165) is 50.8 Å². The number of nitrogens with zero attached hydrogens (tertiary/aromatic N) is 3. The maximum absolute atomic E-state index is 12.8.